The zero-order valence-corrected chi connectivity index (χ0v) is 10.7. The predicted octanol–water partition coefficient (Wildman–Crippen LogP) is 3.62. The van der Waals surface area contributed by atoms with Gasteiger partial charge in [-0.05, 0) is 39.2 Å². The first-order valence-corrected chi connectivity index (χ1v) is 6.02. The van der Waals surface area contributed by atoms with Gasteiger partial charge in [0.1, 0.15) is 5.75 Å². The van der Waals surface area contributed by atoms with E-state index >= 15 is 0 Å². The van der Waals surface area contributed by atoms with Crippen molar-refractivity contribution in [2.24, 2.45) is 0 Å². The monoisotopic (exact) mass is 288 g/mol. The maximum absolute atomic E-state index is 11.2. The fraction of sp³-hybridized carbons (Fsp3) is 0.0714. The summed E-state index contributed by atoms with van der Waals surface area (Å²) in [6, 6.07) is 9.82. The van der Waals surface area contributed by atoms with Gasteiger partial charge in [0.05, 0.1) is 7.11 Å². The number of hydrogen-bond acceptors (Lipinski definition) is 2. The molecule has 0 amide bonds. The second-order valence-corrected chi connectivity index (χ2v) is 4.68. The number of methoxy groups -OCH3 is 1. The van der Waals surface area contributed by atoms with Gasteiger partial charge in [0, 0.05) is 20.8 Å². The van der Waals surface area contributed by atoms with E-state index in [0.29, 0.717) is 5.57 Å². The van der Waals surface area contributed by atoms with E-state index in [1.807, 2.05) is 30.3 Å². The van der Waals surface area contributed by atoms with Gasteiger partial charge in [-0.15, -0.1) is 0 Å². The summed E-state index contributed by atoms with van der Waals surface area (Å²) in [6.45, 7) is 0. The van der Waals surface area contributed by atoms with Gasteiger partial charge in [0.2, 0.25) is 0 Å². The van der Waals surface area contributed by atoms with Crippen LogP contribution in [0.5, 0.6) is 5.75 Å². The van der Waals surface area contributed by atoms with Crippen LogP contribution in [0.3, 0.4) is 0 Å². The minimum absolute atomic E-state index is 0.707. The summed E-state index contributed by atoms with van der Waals surface area (Å²) in [4.78, 5) is 11.2. The Morgan fingerprint density at radius 2 is 2.00 bits per heavy atom. The van der Waals surface area contributed by atoms with Gasteiger partial charge in [0.15, 0.2) is 6.29 Å². The molecular formula is C14H9BrO2. The number of benzene rings is 2. The van der Waals surface area contributed by atoms with Gasteiger partial charge in [-0.25, -0.2) is 0 Å². The summed E-state index contributed by atoms with van der Waals surface area (Å²) in [5.41, 5.74) is 2.73. The maximum atomic E-state index is 11.2. The topological polar surface area (TPSA) is 26.3 Å². The fourth-order valence-electron chi connectivity index (χ4n) is 2.34. The molecule has 0 spiro atoms. The molecular weight excluding hydrogens is 280 g/mol. The molecule has 0 radical (unpaired) electrons. The molecule has 1 aliphatic carbocycles. The number of carbonyl (C=O) groups is 1. The Bertz CT molecular complexity index is 671. The molecule has 2 aromatic carbocycles. The van der Waals surface area contributed by atoms with Crippen molar-refractivity contribution in [1.29, 1.82) is 0 Å². The Labute approximate surface area is 107 Å². The van der Waals surface area contributed by atoms with E-state index in [4.69, 9.17) is 4.74 Å². The molecule has 0 N–H and O–H groups in total. The molecule has 0 unspecified atom stereocenters. The number of aldehydes is 1. The average molecular weight is 289 g/mol. The Morgan fingerprint density at radius 1 is 1.18 bits per heavy atom. The van der Waals surface area contributed by atoms with Crippen LogP contribution < -0.4 is 4.74 Å². The Morgan fingerprint density at radius 3 is 2.71 bits per heavy atom. The van der Waals surface area contributed by atoms with Crippen LogP contribution in [0.4, 0.5) is 0 Å². The van der Waals surface area contributed by atoms with Crippen LogP contribution in [0.25, 0.3) is 20.8 Å². The first-order valence-electron chi connectivity index (χ1n) is 5.23. The van der Waals surface area contributed by atoms with Crippen molar-refractivity contribution in [3.05, 3.63) is 41.5 Å². The van der Waals surface area contributed by atoms with Crippen LogP contribution in [0, 0.1) is 0 Å². The second-order valence-electron chi connectivity index (χ2n) is 3.89. The van der Waals surface area contributed by atoms with Crippen LogP contribution in [-0.4, -0.2) is 13.4 Å². The number of ether oxygens (including phenoxy) is 1. The first-order chi connectivity index (χ1) is 8.27. The average Bonchev–Trinajstić information content (AvgIpc) is 2.65. The van der Waals surface area contributed by atoms with E-state index in [2.05, 4.69) is 15.9 Å². The summed E-state index contributed by atoms with van der Waals surface area (Å²) in [7, 11) is 1.65. The lowest BCUT2D eigenvalue weighted by atomic mass is 10.0. The smallest absolute Gasteiger partial charge is 0.151 e. The predicted molar refractivity (Wildman–Crippen MR) is 72.3 cm³/mol. The van der Waals surface area contributed by atoms with Gasteiger partial charge in [-0.3, -0.25) is 4.79 Å². The van der Waals surface area contributed by atoms with Crippen molar-refractivity contribution in [1.82, 2.24) is 0 Å². The number of allylic oxidation sites excluding steroid dienone is 1. The zero-order valence-electron chi connectivity index (χ0n) is 9.16. The second kappa shape index (κ2) is 3.70. The van der Waals surface area contributed by atoms with Crippen LogP contribution in [-0.2, 0) is 4.79 Å². The molecule has 2 nitrogen and oxygen atoms in total. The highest BCUT2D eigenvalue weighted by atomic mass is 79.9. The largest absolute Gasteiger partial charge is 0.496 e. The van der Waals surface area contributed by atoms with Crippen molar-refractivity contribution < 1.29 is 9.53 Å². The third-order valence-corrected chi connectivity index (χ3v) is 3.96. The summed E-state index contributed by atoms with van der Waals surface area (Å²) in [6.07, 6.45) is 0.894. The molecule has 0 saturated carbocycles. The van der Waals surface area contributed by atoms with Crippen molar-refractivity contribution in [2.75, 3.05) is 7.11 Å². The zero-order chi connectivity index (χ0) is 12.0. The lowest BCUT2D eigenvalue weighted by molar-refractivity contribution is -0.103. The molecule has 3 rings (SSSR count). The lowest BCUT2D eigenvalue weighted by Gasteiger charge is -2.07. The summed E-state index contributed by atoms with van der Waals surface area (Å²) < 4.78 is 6.21. The van der Waals surface area contributed by atoms with Crippen LogP contribution in [0.2, 0.25) is 0 Å². The van der Waals surface area contributed by atoms with E-state index in [1.54, 1.807) is 7.11 Å². The molecule has 0 aliphatic heterocycles. The molecule has 0 aromatic heterocycles. The number of rotatable bonds is 2. The Kier molecular flexibility index (Phi) is 2.30. The molecule has 84 valence electrons. The van der Waals surface area contributed by atoms with Gasteiger partial charge in [0.25, 0.3) is 0 Å². The molecule has 0 saturated heterocycles. The number of hydrogen-bond donors (Lipinski definition) is 0. The van der Waals surface area contributed by atoms with Gasteiger partial charge >= 0.3 is 0 Å². The molecule has 0 atom stereocenters. The maximum Gasteiger partial charge on any atom is 0.151 e. The van der Waals surface area contributed by atoms with Crippen LogP contribution >= 0.6 is 15.9 Å². The molecule has 0 heterocycles. The number of halogens is 1. The highest BCUT2D eigenvalue weighted by Crippen LogP contribution is 2.46. The Hall–Kier alpha value is -1.61. The van der Waals surface area contributed by atoms with E-state index in [0.717, 1.165) is 38.4 Å². The van der Waals surface area contributed by atoms with Crippen LogP contribution in [0.1, 0.15) is 11.1 Å². The normalized spacial score (nSPS) is 13.3. The van der Waals surface area contributed by atoms with E-state index < -0.39 is 0 Å². The third kappa shape index (κ3) is 1.29. The van der Waals surface area contributed by atoms with E-state index in [1.165, 1.54) is 0 Å². The minimum atomic E-state index is 0.707. The van der Waals surface area contributed by atoms with Gasteiger partial charge in [-0.2, -0.15) is 0 Å². The Balaban J connectivity index is 2.49. The third-order valence-electron chi connectivity index (χ3n) is 3.10. The highest BCUT2D eigenvalue weighted by Gasteiger charge is 2.23. The standard InChI is InChI=1S/C14H9BrO2/c1-17-12-6-5-8-11(7-16)14(15)10-4-2-3-9(12)13(8)10/h2-7H,1H3. The quantitative estimate of drug-likeness (QED) is 0.789. The van der Waals surface area contributed by atoms with Crippen LogP contribution in [0.15, 0.2) is 30.3 Å². The van der Waals surface area contributed by atoms with E-state index in [-0.39, 0.29) is 0 Å². The molecule has 1 aliphatic rings. The summed E-state index contributed by atoms with van der Waals surface area (Å²) >= 11 is 3.49. The fourth-order valence-corrected chi connectivity index (χ4v) is 2.98. The van der Waals surface area contributed by atoms with Gasteiger partial charge in [-0.1, -0.05) is 18.2 Å². The van der Waals surface area contributed by atoms with Crippen molar-refractivity contribution in [3.63, 3.8) is 0 Å². The lowest BCUT2D eigenvalue weighted by Crippen LogP contribution is -1.88. The summed E-state index contributed by atoms with van der Waals surface area (Å²) in [5.74, 6) is 0.832. The van der Waals surface area contributed by atoms with Crippen molar-refractivity contribution >= 4 is 43.0 Å². The first kappa shape index (κ1) is 10.5. The molecule has 2 aromatic rings. The number of carbonyl (C=O) groups excluding carboxylic acids is 1. The summed E-state index contributed by atoms with van der Waals surface area (Å²) in [5, 5.41) is 2.12. The molecule has 0 bridgehead atoms. The highest BCUT2D eigenvalue weighted by molar-refractivity contribution is 9.15. The van der Waals surface area contributed by atoms with Crippen molar-refractivity contribution in [2.45, 2.75) is 0 Å². The molecule has 17 heavy (non-hydrogen) atoms. The SMILES string of the molecule is COc1ccc2c3c(cccc13)C(Br)=C2C=O. The van der Waals surface area contributed by atoms with E-state index in [9.17, 15) is 4.79 Å². The molecule has 3 heteroatoms. The van der Waals surface area contributed by atoms with Crippen molar-refractivity contribution in [3.8, 4) is 5.75 Å². The van der Waals surface area contributed by atoms with Gasteiger partial charge < -0.3 is 4.74 Å². The minimum Gasteiger partial charge on any atom is -0.496 e. The molecule has 0 fully saturated rings.